The van der Waals surface area contributed by atoms with Crippen molar-refractivity contribution in [2.24, 2.45) is 5.73 Å². The Kier molecular flexibility index (Phi) is 5.13. The van der Waals surface area contributed by atoms with Crippen LogP contribution >= 0.6 is 12.2 Å². The molecule has 0 aromatic heterocycles. The van der Waals surface area contributed by atoms with Crippen molar-refractivity contribution < 1.29 is 14.3 Å². The predicted molar refractivity (Wildman–Crippen MR) is 61.8 cm³/mol. The van der Waals surface area contributed by atoms with Crippen LogP contribution < -0.4 is 16.4 Å². The van der Waals surface area contributed by atoms with E-state index in [1.807, 2.05) is 0 Å². The number of carbonyl (C=O) groups excluding carboxylic acids is 2. The highest BCUT2D eigenvalue weighted by atomic mass is 32.1. The van der Waals surface area contributed by atoms with E-state index in [9.17, 15) is 9.59 Å². The molecular formula is C9H15N3O3S. The van der Waals surface area contributed by atoms with Crippen molar-refractivity contribution in [3.63, 3.8) is 0 Å². The van der Waals surface area contributed by atoms with E-state index < -0.39 is 11.8 Å². The molecule has 0 unspecified atom stereocenters. The molecule has 90 valence electrons. The van der Waals surface area contributed by atoms with Gasteiger partial charge in [-0.15, -0.1) is 0 Å². The minimum Gasteiger partial charge on any atom is -0.392 e. The van der Waals surface area contributed by atoms with Crippen LogP contribution in [0.15, 0.2) is 0 Å². The number of thiocarbonyl (C=S) groups is 1. The molecule has 1 aliphatic heterocycles. The van der Waals surface area contributed by atoms with Crippen LogP contribution in [0.4, 0.5) is 0 Å². The van der Waals surface area contributed by atoms with Gasteiger partial charge in [0, 0.05) is 19.3 Å². The van der Waals surface area contributed by atoms with Gasteiger partial charge in [0.15, 0.2) is 0 Å². The topological polar surface area (TPSA) is 93.5 Å². The van der Waals surface area contributed by atoms with E-state index >= 15 is 0 Å². The van der Waals surface area contributed by atoms with Crippen molar-refractivity contribution in [2.45, 2.75) is 18.9 Å². The standard InChI is InChI=1S/C9H15N3O3S/c10-7(16)5-11-8(13)9(14)12-6-1-3-15-4-2-6/h6H,1-5H2,(H2,10,16)(H,11,13)(H,12,14). The first-order valence-electron chi connectivity index (χ1n) is 5.04. The summed E-state index contributed by atoms with van der Waals surface area (Å²) in [4.78, 5) is 22.8. The van der Waals surface area contributed by atoms with Crippen LogP contribution in [-0.2, 0) is 14.3 Å². The number of carbonyl (C=O) groups is 2. The summed E-state index contributed by atoms with van der Waals surface area (Å²) < 4.78 is 5.14. The highest BCUT2D eigenvalue weighted by Crippen LogP contribution is 2.05. The van der Waals surface area contributed by atoms with Gasteiger partial charge in [0.05, 0.1) is 11.5 Å². The second kappa shape index (κ2) is 6.39. The van der Waals surface area contributed by atoms with E-state index in [4.69, 9.17) is 10.5 Å². The van der Waals surface area contributed by atoms with Crippen LogP contribution in [0.5, 0.6) is 0 Å². The van der Waals surface area contributed by atoms with Crippen LogP contribution in [-0.4, -0.2) is 42.6 Å². The fourth-order valence-electron chi connectivity index (χ4n) is 1.34. The zero-order valence-electron chi connectivity index (χ0n) is 8.82. The molecule has 16 heavy (non-hydrogen) atoms. The zero-order chi connectivity index (χ0) is 12.0. The van der Waals surface area contributed by atoms with Crippen molar-refractivity contribution in [1.82, 2.24) is 10.6 Å². The quantitative estimate of drug-likeness (QED) is 0.424. The molecule has 0 atom stereocenters. The monoisotopic (exact) mass is 245 g/mol. The molecule has 0 saturated carbocycles. The number of nitrogens with one attached hydrogen (secondary N) is 2. The summed E-state index contributed by atoms with van der Waals surface area (Å²) in [6, 6.07) is 0.0110. The van der Waals surface area contributed by atoms with E-state index in [1.54, 1.807) is 0 Å². The summed E-state index contributed by atoms with van der Waals surface area (Å²) in [7, 11) is 0. The number of rotatable bonds is 3. The molecule has 0 aromatic carbocycles. The third-order valence-corrected chi connectivity index (χ3v) is 2.33. The van der Waals surface area contributed by atoms with Crippen LogP contribution in [0, 0.1) is 0 Å². The van der Waals surface area contributed by atoms with E-state index in [2.05, 4.69) is 22.9 Å². The molecule has 2 amide bonds. The zero-order valence-corrected chi connectivity index (χ0v) is 9.64. The maximum Gasteiger partial charge on any atom is 0.309 e. The Bertz CT molecular complexity index is 290. The average Bonchev–Trinajstić information content (AvgIpc) is 2.27. The Balaban J connectivity index is 2.27. The number of ether oxygens (including phenoxy) is 1. The fourth-order valence-corrected chi connectivity index (χ4v) is 1.41. The van der Waals surface area contributed by atoms with Gasteiger partial charge in [-0.25, -0.2) is 0 Å². The Morgan fingerprint density at radius 3 is 2.50 bits per heavy atom. The normalized spacial score (nSPS) is 16.5. The van der Waals surface area contributed by atoms with Gasteiger partial charge in [-0.3, -0.25) is 9.59 Å². The van der Waals surface area contributed by atoms with Gasteiger partial charge in [-0.2, -0.15) is 0 Å². The van der Waals surface area contributed by atoms with E-state index in [0.29, 0.717) is 13.2 Å². The molecule has 0 bridgehead atoms. The average molecular weight is 245 g/mol. The lowest BCUT2D eigenvalue weighted by Crippen LogP contribution is -2.47. The fraction of sp³-hybridized carbons (Fsp3) is 0.667. The largest absolute Gasteiger partial charge is 0.392 e. The number of amides is 2. The number of hydrogen-bond donors (Lipinski definition) is 3. The van der Waals surface area contributed by atoms with Crippen molar-refractivity contribution >= 4 is 29.0 Å². The highest BCUT2D eigenvalue weighted by molar-refractivity contribution is 7.80. The summed E-state index contributed by atoms with van der Waals surface area (Å²) in [5, 5.41) is 4.95. The molecule has 0 spiro atoms. The third-order valence-electron chi connectivity index (χ3n) is 2.19. The molecule has 7 heteroatoms. The maximum atomic E-state index is 11.4. The molecular weight excluding hydrogens is 230 g/mol. The molecule has 1 aliphatic rings. The van der Waals surface area contributed by atoms with Crippen molar-refractivity contribution in [3.8, 4) is 0 Å². The van der Waals surface area contributed by atoms with Crippen LogP contribution in [0.25, 0.3) is 0 Å². The van der Waals surface area contributed by atoms with Gasteiger partial charge in [-0.05, 0) is 12.8 Å². The summed E-state index contributed by atoms with van der Waals surface area (Å²) in [5.41, 5.74) is 5.19. The molecule has 1 fully saturated rings. The molecule has 1 saturated heterocycles. The van der Waals surface area contributed by atoms with E-state index in [-0.39, 0.29) is 17.6 Å². The lowest BCUT2D eigenvalue weighted by atomic mass is 10.1. The maximum absolute atomic E-state index is 11.4. The molecule has 4 N–H and O–H groups in total. The molecule has 6 nitrogen and oxygen atoms in total. The number of nitrogens with two attached hydrogens (primary N) is 1. The van der Waals surface area contributed by atoms with Gasteiger partial charge < -0.3 is 21.1 Å². The Hall–Kier alpha value is -1.21. The molecule has 0 aromatic rings. The van der Waals surface area contributed by atoms with Crippen molar-refractivity contribution in [2.75, 3.05) is 19.8 Å². The summed E-state index contributed by atoms with van der Waals surface area (Å²) in [6.07, 6.45) is 1.46. The Morgan fingerprint density at radius 2 is 1.94 bits per heavy atom. The summed E-state index contributed by atoms with van der Waals surface area (Å²) in [5.74, 6) is -1.36. The summed E-state index contributed by atoms with van der Waals surface area (Å²) in [6.45, 7) is 1.26. The van der Waals surface area contributed by atoms with Gasteiger partial charge >= 0.3 is 11.8 Å². The molecule has 1 rings (SSSR count). The first-order valence-corrected chi connectivity index (χ1v) is 5.45. The second-order valence-corrected chi connectivity index (χ2v) is 4.03. The van der Waals surface area contributed by atoms with Gasteiger partial charge in [0.1, 0.15) is 0 Å². The minimum atomic E-state index is -0.709. The van der Waals surface area contributed by atoms with Crippen LogP contribution in [0.3, 0.4) is 0 Å². The van der Waals surface area contributed by atoms with Gasteiger partial charge in [0.25, 0.3) is 0 Å². The Morgan fingerprint density at radius 1 is 1.31 bits per heavy atom. The molecule has 1 heterocycles. The third kappa shape index (κ3) is 4.54. The first kappa shape index (κ1) is 12.9. The van der Waals surface area contributed by atoms with E-state index in [1.165, 1.54) is 0 Å². The second-order valence-electron chi connectivity index (χ2n) is 3.51. The smallest absolute Gasteiger partial charge is 0.309 e. The van der Waals surface area contributed by atoms with Crippen LogP contribution in [0.2, 0.25) is 0 Å². The Labute approximate surface area is 98.9 Å². The van der Waals surface area contributed by atoms with Gasteiger partial charge in [0.2, 0.25) is 0 Å². The highest BCUT2D eigenvalue weighted by Gasteiger charge is 2.20. The van der Waals surface area contributed by atoms with Crippen LogP contribution in [0.1, 0.15) is 12.8 Å². The van der Waals surface area contributed by atoms with Gasteiger partial charge in [-0.1, -0.05) is 12.2 Å². The minimum absolute atomic E-state index is 0.0110. The number of hydrogen-bond acceptors (Lipinski definition) is 4. The lowest BCUT2D eigenvalue weighted by Gasteiger charge is -2.22. The summed E-state index contributed by atoms with van der Waals surface area (Å²) >= 11 is 4.58. The van der Waals surface area contributed by atoms with Crippen molar-refractivity contribution in [1.29, 1.82) is 0 Å². The predicted octanol–water partition coefficient (Wildman–Crippen LogP) is -1.32. The lowest BCUT2D eigenvalue weighted by molar-refractivity contribution is -0.139. The first-order chi connectivity index (χ1) is 7.59. The van der Waals surface area contributed by atoms with Crippen molar-refractivity contribution in [3.05, 3.63) is 0 Å². The molecule has 0 radical (unpaired) electrons. The van der Waals surface area contributed by atoms with E-state index in [0.717, 1.165) is 12.8 Å². The molecule has 0 aliphatic carbocycles. The SMILES string of the molecule is NC(=S)CNC(=O)C(=O)NC1CCOCC1.